The van der Waals surface area contributed by atoms with E-state index in [2.05, 4.69) is 4.99 Å². The van der Waals surface area contributed by atoms with Crippen LogP contribution in [0.1, 0.15) is 84.0 Å². The zero-order valence-corrected chi connectivity index (χ0v) is 25.8. The second-order valence-corrected chi connectivity index (χ2v) is 9.71. The molecule has 0 aliphatic carbocycles. The van der Waals surface area contributed by atoms with Crippen molar-refractivity contribution in [3.8, 4) is 0 Å². The second-order valence-electron chi connectivity index (χ2n) is 9.71. The van der Waals surface area contributed by atoms with Gasteiger partial charge >= 0.3 is 5.97 Å². The predicted molar refractivity (Wildman–Crippen MR) is 148 cm³/mol. The zero-order valence-electron chi connectivity index (χ0n) is 25.8. The smallest absolute Gasteiger partial charge is 0.333 e. The topological polar surface area (TPSA) is 183 Å². The monoisotopic (exact) mass is 634 g/mol. The molecule has 0 spiro atoms. The molecule has 252 valence electrons. The summed E-state index contributed by atoms with van der Waals surface area (Å²) < 4.78 is 25.8. The van der Waals surface area contributed by atoms with E-state index in [9.17, 15) is 28.8 Å². The number of rotatable bonds is 25. The van der Waals surface area contributed by atoms with E-state index >= 15 is 0 Å². The van der Waals surface area contributed by atoms with Crippen molar-refractivity contribution in [3.05, 3.63) is 0 Å². The van der Waals surface area contributed by atoms with Crippen molar-refractivity contribution in [2.24, 2.45) is 0 Å². The van der Waals surface area contributed by atoms with Gasteiger partial charge in [0.1, 0.15) is 19.4 Å². The number of Topliss-reactive ketones (excluding diaryl/α,β-unsaturated/α-hetero) is 1. The summed E-state index contributed by atoms with van der Waals surface area (Å²) >= 11 is 0. The van der Waals surface area contributed by atoms with E-state index in [1.807, 2.05) is 0 Å². The number of hydroxylamine groups is 4. The molecule has 2 fully saturated rings. The fourth-order valence-electron chi connectivity index (χ4n) is 3.45. The van der Waals surface area contributed by atoms with Crippen molar-refractivity contribution >= 4 is 35.4 Å². The average molecular weight is 635 g/mol. The molecule has 0 N–H and O–H groups in total. The van der Waals surface area contributed by atoms with E-state index in [4.69, 9.17) is 33.4 Å². The highest BCUT2D eigenvalue weighted by atomic mass is 17.3. The Kier molecular flexibility index (Phi) is 22.7. The van der Waals surface area contributed by atoms with Gasteiger partial charge in [0.15, 0.2) is 0 Å². The van der Waals surface area contributed by atoms with E-state index < -0.39 is 29.6 Å². The molecule has 2 aliphatic heterocycles. The minimum atomic E-state index is -0.669. The van der Waals surface area contributed by atoms with Crippen LogP contribution in [0.2, 0.25) is 0 Å². The standard InChI is InChI=1S/C17H24N2O10.C11H22O4/c20-13-5-6-14(21)18(13)28-17(24)4-3-10-26-12-25-9-1-2-11-27-29-19-15(22)7-8-16(19)23;1-11(12)6-5-9-15-10-14-8-4-3-7-13-2/h1-12H2;3-10H2,1-2H3. The summed E-state index contributed by atoms with van der Waals surface area (Å²) in [7, 11) is 1.69. The molecule has 0 unspecified atom stereocenters. The summed E-state index contributed by atoms with van der Waals surface area (Å²) in [5.74, 6) is -2.31. The van der Waals surface area contributed by atoms with Crippen LogP contribution >= 0.6 is 0 Å². The molecule has 0 aromatic carbocycles. The van der Waals surface area contributed by atoms with Crippen LogP contribution in [0.5, 0.6) is 0 Å². The molecule has 0 bridgehead atoms. The maximum absolute atomic E-state index is 11.6. The number of hydrogen-bond acceptors (Lipinski definition) is 14. The van der Waals surface area contributed by atoms with Gasteiger partial charge in [0.2, 0.25) is 0 Å². The first-order chi connectivity index (χ1) is 21.3. The number of nitrogens with zero attached hydrogens (tertiary/aromatic N) is 2. The van der Waals surface area contributed by atoms with Crippen LogP contribution in [0.4, 0.5) is 0 Å². The number of hydrogen-bond donors (Lipinski definition) is 0. The quantitative estimate of drug-likeness (QED) is 0.0467. The van der Waals surface area contributed by atoms with Gasteiger partial charge in [-0.25, -0.2) is 9.68 Å². The maximum atomic E-state index is 11.6. The van der Waals surface area contributed by atoms with Gasteiger partial charge in [-0.05, 0) is 45.4 Å². The first kappa shape index (κ1) is 39.2. The van der Waals surface area contributed by atoms with Crippen LogP contribution in [0.3, 0.4) is 0 Å². The van der Waals surface area contributed by atoms with E-state index in [0.717, 1.165) is 25.9 Å². The Morgan fingerprint density at radius 1 is 0.591 bits per heavy atom. The number of ketones is 1. The minimum absolute atomic E-state index is 0.0103. The Morgan fingerprint density at radius 3 is 1.52 bits per heavy atom. The highest BCUT2D eigenvalue weighted by molar-refractivity contribution is 6.01. The van der Waals surface area contributed by atoms with Gasteiger partial charge in [-0.3, -0.25) is 19.2 Å². The lowest BCUT2D eigenvalue weighted by Crippen LogP contribution is -2.32. The second kappa shape index (κ2) is 25.5. The Morgan fingerprint density at radius 2 is 1.02 bits per heavy atom. The highest BCUT2D eigenvalue weighted by Crippen LogP contribution is 2.13. The van der Waals surface area contributed by atoms with Crippen LogP contribution in [0, 0.1) is 0 Å². The molecule has 0 saturated carbocycles. The fourth-order valence-corrected chi connectivity index (χ4v) is 3.45. The molecule has 2 saturated heterocycles. The molecule has 4 amide bonds. The summed E-state index contributed by atoms with van der Waals surface area (Å²) in [5.41, 5.74) is 0. The minimum Gasteiger partial charge on any atom is -0.385 e. The van der Waals surface area contributed by atoms with Gasteiger partial charge in [0.05, 0.1) is 13.0 Å². The number of imide groups is 2. The van der Waals surface area contributed by atoms with Crippen LogP contribution < -0.4 is 0 Å². The van der Waals surface area contributed by atoms with Crippen LogP contribution in [0.15, 0.2) is 0 Å². The third-order valence-electron chi connectivity index (χ3n) is 5.81. The molecule has 0 aromatic rings. The number of methoxy groups -OCH3 is 1. The SMILES string of the molecule is COCCCCOCOCCCC(C)=O.O=C(CCCOCOCCCCOON1C(=O)CCC1=O)ON1C(=O)CCC1=O. The van der Waals surface area contributed by atoms with E-state index in [-0.39, 0.29) is 57.9 Å². The lowest BCUT2D eigenvalue weighted by atomic mass is 10.2. The first-order valence-corrected chi connectivity index (χ1v) is 14.8. The van der Waals surface area contributed by atoms with Crippen molar-refractivity contribution in [2.75, 3.05) is 60.3 Å². The number of unbranched alkanes of at least 4 members (excludes halogenated alkanes) is 2. The van der Waals surface area contributed by atoms with Gasteiger partial charge in [-0.2, -0.15) is 0 Å². The van der Waals surface area contributed by atoms with Crippen LogP contribution in [0.25, 0.3) is 0 Å². The summed E-state index contributed by atoms with van der Waals surface area (Å²) in [4.78, 5) is 81.4. The van der Waals surface area contributed by atoms with Crippen molar-refractivity contribution in [3.63, 3.8) is 0 Å². The Hall–Kier alpha value is -2.86. The number of carbonyl (C=O) groups is 6. The molecule has 2 aliphatic rings. The van der Waals surface area contributed by atoms with Gasteiger partial charge in [0.25, 0.3) is 23.6 Å². The number of carbonyl (C=O) groups excluding carboxylic acids is 6. The largest absolute Gasteiger partial charge is 0.385 e. The third kappa shape index (κ3) is 19.4. The highest BCUT2D eigenvalue weighted by Gasteiger charge is 2.33. The van der Waals surface area contributed by atoms with Crippen molar-refractivity contribution in [1.29, 1.82) is 0 Å². The normalized spacial score (nSPS) is 14.8. The Labute approximate surface area is 257 Å². The maximum Gasteiger partial charge on any atom is 0.333 e. The first-order valence-electron chi connectivity index (χ1n) is 14.8. The Balaban J connectivity index is 0.000000546. The molecular weight excluding hydrogens is 588 g/mol. The lowest BCUT2D eigenvalue weighted by Gasteiger charge is -2.12. The van der Waals surface area contributed by atoms with E-state index in [1.165, 1.54) is 0 Å². The number of ether oxygens (including phenoxy) is 5. The van der Waals surface area contributed by atoms with Crippen LogP contribution in [-0.2, 0) is 67.2 Å². The fraction of sp³-hybridized carbons (Fsp3) is 0.786. The Bertz CT molecular complexity index is 852. The van der Waals surface area contributed by atoms with Gasteiger partial charge in [-0.15, -0.1) is 15.1 Å². The summed E-state index contributed by atoms with van der Waals surface area (Å²) in [5, 5.41) is 1.14. The molecular formula is C28H46N2O14. The van der Waals surface area contributed by atoms with Crippen LogP contribution in [-0.4, -0.2) is 106 Å². The molecule has 0 radical (unpaired) electrons. The molecule has 2 heterocycles. The van der Waals surface area contributed by atoms with Gasteiger partial charge in [-0.1, -0.05) is 0 Å². The summed E-state index contributed by atoms with van der Waals surface area (Å²) in [6, 6.07) is 0. The zero-order chi connectivity index (χ0) is 32.4. The molecule has 0 aromatic heterocycles. The van der Waals surface area contributed by atoms with E-state index in [0.29, 0.717) is 62.4 Å². The third-order valence-corrected chi connectivity index (χ3v) is 5.81. The van der Waals surface area contributed by atoms with E-state index in [1.54, 1.807) is 14.0 Å². The van der Waals surface area contributed by atoms with Crippen molar-refractivity contribution < 1.29 is 67.2 Å². The summed E-state index contributed by atoms with van der Waals surface area (Å²) in [6.07, 6.45) is 5.38. The average Bonchev–Trinajstić information content (AvgIpc) is 3.49. The van der Waals surface area contributed by atoms with Gasteiger partial charge in [0, 0.05) is 72.2 Å². The molecule has 16 heteroatoms. The molecule has 44 heavy (non-hydrogen) atoms. The summed E-state index contributed by atoms with van der Waals surface area (Å²) in [6.45, 7) is 4.91. The lowest BCUT2D eigenvalue weighted by molar-refractivity contribution is -0.393. The van der Waals surface area contributed by atoms with Crippen molar-refractivity contribution in [2.45, 2.75) is 84.0 Å². The molecule has 0 atom stereocenters. The molecule has 2 rings (SSSR count). The molecule has 16 nitrogen and oxygen atoms in total. The predicted octanol–water partition coefficient (Wildman–Crippen LogP) is 1.93. The number of amides is 4. The van der Waals surface area contributed by atoms with Crippen molar-refractivity contribution in [1.82, 2.24) is 10.1 Å². The van der Waals surface area contributed by atoms with Gasteiger partial charge < -0.3 is 33.3 Å².